The lowest BCUT2D eigenvalue weighted by Gasteiger charge is -2.29. The van der Waals surface area contributed by atoms with Crippen LogP contribution in [0.15, 0.2) is 42.7 Å². The van der Waals surface area contributed by atoms with Gasteiger partial charge in [-0.15, -0.1) is 24.8 Å². The fourth-order valence-electron chi connectivity index (χ4n) is 2.55. The van der Waals surface area contributed by atoms with Gasteiger partial charge in [-0.1, -0.05) is 30.3 Å². The lowest BCUT2D eigenvalue weighted by atomic mass is 10.1. The molecule has 120 valence electrons. The summed E-state index contributed by atoms with van der Waals surface area (Å²) in [5.74, 6) is 0.930. The highest BCUT2D eigenvalue weighted by molar-refractivity contribution is 5.85. The van der Waals surface area contributed by atoms with Gasteiger partial charge in [-0.25, -0.2) is 4.98 Å². The number of fused-ring (bicyclic) bond motifs is 1. The first-order valence-corrected chi connectivity index (χ1v) is 6.82. The molecule has 1 unspecified atom stereocenters. The van der Waals surface area contributed by atoms with Crippen LogP contribution < -0.4 is 5.73 Å². The average Bonchev–Trinajstić information content (AvgIpc) is 2.94. The van der Waals surface area contributed by atoms with E-state index in [1.807, 2.05) is 36.5 Å². The van der Waals surface area contributed by atoms with Crippen molar-refractivity contribution in [3.05, 3.63) is 54.1 Å². The Kier molecular flexibility index (Phi) is 6.87. The smallest absolute Gasteiger partial charge is 0.240 e. The second-order valence-corrected chi connectivity index (χ2v) is 5.09. The molecule has 2 aromatic rings. The first-order chi connectivity index (χ1) is 9.74. The molecule has 1 aliphatic rings. The summed E-state index contributed by atoms with van der Waals surface area (Å²) in [5.41, 5.74) is 7.15. The Balaban J connectivity index is 0.00000121. The van der Waals surface area contributed by atoms with Crippen molar-refractivity contribution < 1.29 is 4.79 Å². The summed E-state index contributed by atoms with van der Waals surface area (Å²) in [6.07, 6.45) is 4.29. The van der Waals surface area contributed by atoms with E-state index in [9.17, 15) is 4.79 Å². The van der Waals surface area contributed by atoms with Crippen molar-refractivity contribution in [1.29, 1.82) is 0 Å². The second-order valence-electron chi connectivity index (χ2n) is 5.09. The summed E-state index contributed by atoms with van der Waals surface area (Å²) in [7, 11) is 0. The number of nitrogens with two attached hydrogens (primary N) is 1. The van der Waals surface area contributed by atoms with Crippen LogP contribution in [0.5, 0.6) is 0 Å². The summed E-state index contributed by atoms with van der Waals surface area (Å²) >= 11 is 0. The number of aromatic nitrogens is 2. The maximum Gasteiger partial charge on any atom is 0.240 e. The van der Waals surface area contributed by atoms with Gasteiger partial charge in [0.2, 0.25) is 5.91 Å². The molecule has 0 spiro atoms. The summed E-state index contributed by atoms with van der Waals surface area (Å²) in [6.45, 7) is 2.04. The average molecular weight is 343 g/mol. The quantitative estimate of drug-likeness (QED) is 0.922. The second kappa shape index (κ2) is 8.17. The summed E-state index contributed by atoms with van der Waals surface area (Å²) in [6, 6.07) is 9.39. The Morgan fingerprint density at radius 2 is 1.95 bits per heavy atom. The molecular formula is C15H20Cl2N4O. The molecule has 5 nitrogen and oxygen atoms in total. The highest BCUT2D eigenvalue weighted by Gasteiger charge is 2.25. The van der Waals surface area contributed by atoms with Crippen molar-refractivity contribution in [2.45, 2.75) is 25.6 Å². The van der Waals surface area contributed by atoms with E-state index in [0.29, 0.717) is 19.5 Å². The van der Waals surface area contributed by atoms with Gasteiger partial charge in [0, 0.05) is 25.5 Å². The minimum Gasteiger partial charge on any atom is -0.332 e. The molecule has 0 aliphatic carbocycles. The number of hydrogen-bond acceptors (Lipinski definition) is 3. The first kappa shape index (κ1) is 18.5. The van der Waals surface area contributed by atoms with Crippen LogP contribution in [0.1, 0.15) is 11.4 Å². The predicted molar refractivity (Wildman–Crippen MR) is 90.3 cm³/mol. The molecule has 7 heteroatoms. The van der Waals surface area contributed by atoms with Gasteiger partial charge in [-0.2, -0.15) is 0 Å². The van der Waals surface area contributed by atoms with Crippen LogP contribution in [0.25, 0.3) is 0 Å². The Hall–Kier alpha value is -1.56. The highest BCUT2D eigenvalue weighted by atomic mass is 35.5. The van der Waals surface area contributed by atoms with Crippen LogP contribution in [-0.2, 0) is 24.3 Å². The molecule has 1 amide bonds. The van der Waals surface area contributed by atoms with E-state index in [1.54, 1.807) is 11.1 Å². The third-order valence-corrected chi connectivity index (χ3v) is 3.67. The van der Waals surface area contributed by atoms with Crippen molar-refractivity contribution in [3.8, 4) is 0 Å². The topological polar surface area (TPSA) is 64.2 Å². The van der Waals surface area contributed by atoms with E-state index >= 15 is 0 Å². The molecule has 0 saturated heterocycles. The van der Waals surface area contributed by atoms with Gasteiger partial charge in [0.15, 0.2) is 0 Å². The fraction of sp³-hybridized carbons (Fsp3) is 0.333. The summed E-state index contributed by atoms with van der Waals surface area (Å²) in [4.78, 5) is 18.5. The summed E-state index contributed by atoms with van der Waals surface area (Å²) in [5, 5.41) is 0. The molecule has 1 aromatic heterocycles. The number of imidazole rings is 1. The van der Waals surface area contributed by atoms with Crippen molar-refractivity contribution in [1.82, 2.24) is 14.5 Å². The number of carbonyl (C=O) groups excluding carboxylic acids is 1. The van der Waals surface area contributed by atoms with Crippen molar-refractivity contribution in [2.75, 3.05) is 6.54 Å². The molecule has 0 radical (unpaired) electrons. The molecule has 0 bridgehead atoms. The zero-order valence-electron chi connectivity index (χ0n) is 12.1. The number of amides is 1. The molecule has 3 rings (SSSR count). The highest BCUT2D eigenvalue weighted by Crippen LogP contribution is 2.12. The van der Waals surface area contributed by atoms with Crippen LogP contribution in [-0.4, -0.2) is 32.9 Å². The van der Waals surface area contributed by atoms with Gasteiger partial charge in [0.05, 0.1) is 12.6 Å². The maximum absolute atomic E-state index is 12.4. The van der Waals surface area contributed by atoms with Gasteiger partial charge >= 0.3 is 0 Å². The number of nitrogens with zero attached hydrogens (tertiary/aromatic N) is 3. The minimum atomic E-state index is -0.487. The van der Waals surface area contributed by atoms with Crippen molar-refractivity contribution in [2.24, 2.45) is 5.73 Å². The number of rotatable bonds is 3. The van der Waals surface area contributed by atoms with E-state index in [4.69, 9.17) is 5.73 Å². The van der Waals surface area contributed by atoms with E-state index in [-0.39, 0.29) is 30.7 Å². The van der Waals surface area contributed by atoms with Gasteiger partial charge < -0.3 is 15.2 Å². The number of halogens is 2. The van der Waals surface area contributed by atoms with Gasteiger partial charge in [-0.3, -0.25) is 4.79 Å². The van der Waals surface area contributed by atoms with Crippen LogP contribution in [0.3, 0.4) is 0 Å². The molecule has 0 saturated carbocycles. The molecule has 22 heavy (non-hydrogen) atoms. The van der Waals surface area contributed by atoms with Crippen molar-refractivity contribution >= 4 is 30.7 Å². The molecule has 1 aliphatic heterocycles. The molecule has 1 atom stereocenters. The van der Waals surface area contributed by atoms with E-state index in [0.717, 1.165) is 17.9 Å². The largest absolute Gasteiger partial charge is 0.332 e. The molecule has 0 fully saturated rings. The summed E-state index contributed by atoms with van der Waals surface area (Å²) < 4.78 is 2.08. The number of benzene rings is 1. The number of hydrogen-bond donors (Lipinski definition) is 1. The van der Waals surface area contributed by atoms with Crippen molar-refractivity contribution in [3.63, 3.8) is 0 Å². The Morgan fingerprint density at radius 3 is 2.68 bits per heavy atom. The first-order valence-electron chi connectivity index (χ1n) is 6.82. The third kappa shape index (κ3) is 4.00. The van der Waals surface area contributed by atoms with Crippen LogP contribution in [0, 0.1) is 0 Å². The number of carbonyl (C=O) groups is 1. The Bertz CT molecular complexity index is 603. The monoisotopic (exact) mass is 342 g/mol. The normalized spacial score (nSPS) is 14.3. The molecular weight excluding hydrogens is 323 g/mol. The van der Waals surface area contributed by atoms with Gasteiger partial charge in [0.25, 0.3) is 0 Å². The lowest BCUT2D eigenvalue weighted by molar-refractivity contribution is -0.134. The SMILES string of the molecule is Cl.Cl.NC(Cc1ccccc1)C(=O)N1CCn2ccnc2C1. The standard InChI is InChI=1S/C15H18N4O.2ClH/c16-13(10-12-4-2-1-3-5-12)15(20)19-9-8-18-7-6-17-14(18)11-19;;/h1-7,13H,8-11,16H2;2*1H. The molecule has 2 N–H and O–H groups in total. The molecule has 1 aromatic carbocycles. The molecule has 2 heterocycles. The maximum atomic E-state index is 12.4. The third-order valence-electron chi connectivity index (χ3n) is 3.67. The zero-order valence-corrected chi connectivity index (χ0v) is 13.7. The van der Waals surface area contributed by atoms with E-state index in [1.165, 1.54) is 0 Å². The van der Waals surface area contributed by atoms with Gasteiger partial charge in [0.1, 0.15) is 5.82 Å². The Morgan fingerprint density at radius 1 is 1.23 bits per heavy atom. The van der Waals surface area contributed by atoms with Crippen LogP contribution in [0.4, 0.5) is 0 Å². The van der Waals surface area contributed by atoms with E-state index in [2.05, 4.69) is 9.55 Å². The van der Waals surface area contributed by atoms with Crippen LogP contribution >= 0.6 is 24.8 Å². The van der Waals surface area contributed by atoms with Gasteiger partial charge in [-0.05, 0) is 12.0 Å². The predicted octanol–water partition coefficient (Wildman–Crippen LogP) is 1.64. The van der Waals surface area contributed by atoms with Crippen LogP contribution in [0.2, 0.25) is 0 Å². The Labute approximate surface area is 142 Å². The minimum absolute atomic E-state index is 0. The zero-order chi connectivity index (χ0) is 13.9. The lowest BCUT2D eigenvalue weighted by Crippen LogP contribution is -2.47. The fourth-order valence-corrected chi connectivity index (χ4v) is 2.55. The van der Waals surface area contributed by atoms with E-state index < -0.39 is 6.04 Å².